The number of aryl methyl sites for hydroxylation is 1. The Hall–Kier alpha value is -1.68. The number of rotatable bonds is 2. The third kappa shape index (κ3) is 1.89. The minimum atomic E-state index is -0.906. The van der Waals surface area contributed by atoms with E-state index >= 15 is 0 Å². The summed E-state index contributed by atoms with van der Waals surface area (Å²) in [4.78, 5) is 16.0. The molecule has 2 rings (SSSR count). The zero-order chi connectivity index (χ0) is 10.8. The van der Waals surface area contributed by atoms with E-state index in [1.54, 1.807) is 41.1 Å². The molecule has 0 saturated heterocycles. The monoisotopic (exact) mass is 219 g/mol. The lowest BCUT2D eigenvalue weighted by molar-refractivity contribution is 0.0697. The summed E-state index contributed by atoms with van der Waals surface area (Å²) in [5.74, 6) is -0.906. The average Bonchev–Trinajstić information content (AvgIpc) is 2.65. The number of carboxylic acid groups (broad SMARTS) is 1. The molecule has 0 aliphatic rings. The average molecular weight is 219 g/mol. The van der Waals surface area contributed by atoms with Crippen LogP contribution in [0.1, 0.15) is 15.2 Å². The second-order valence-electron chi connectivity index (χ2n) is 3.14. The Bertz CT molecular complexity index is 488. The van der Waals surface area contributed by atoms with Crippen LogP contribution in [0, 0.1) is 6.92 Å². The van der Waals surface area contributed by atoms with Crippen LogP contribution in [0.25, 0.3) is 11.3 Å². The molecular formula is C11H9NO2S. The predicted octanol–water partition coefficient (Wildman–Crippen LogP) is 2.82. The maximum Gasteiger partial charge on any atom is 0.335 e. The van der Waals surface area contributed by atoms with Gasteiger partial charge in [0.2, 0.25) is 0 Å². The van der Waals surface area contributed by atoms with Gasteiger partial charge < -0.3 is 5.11 Å². The second-order valence-corrected chi connectivity index (χ2v) is 4.20. The van der Waals surface area contributed by atoms with Crippen molar-refractivity contribution in [3.63, 3.8) is 0 Å². The van der Waals surface area contributed by atoms with Crippen LogP contribution < -0.4 is 0 Å². The first-order valence-electron chi connectivity index (χ1n) is 4.42. The number of hydrogen-bond donors (Lipinski definition) is 1. The number of thiazole rings is 1. The topological polar surface area (TPSA) is 50.2 Å². The summed E-state index contributed by atoms with van der Waals surface area (Å²) in [5.41, 5.74) is 3.97. The minimum Gasteiger partial charge on any atom is -0.478 e. The fourth-order valence-electron chi connectivity index (χ4n) is 1.35. The van der Waals surface area contributed by atoms with Gasteiger partial charge in [0.1, 0.15) is 0 Å². The molecule has 0 unspecified atom stereocenters. The van der Waals surface area contributed by atoms with Crippen molar-refractivity contribution in [1.29, 1.82) is 0 Å². The van der Waals surface area contributed by atoms with Gasteiger partial charge in [-0.2, -0.15) is 0 Å². The predicted molar refractivity (Wildman–Crippen MR) is 59.2 cm³/mol. The van der Waals surface area contributed by atoms with Crippen LogP contribution >= 0.6 is 11.3 Å². The van der Waals surface area contributed by atoms with Crippen LogP contribution in [0.15, 0.2) is 29.8 Å². The molecule has 1 aromatic carbocycles. The molecule has 1 heterocycles. The van der Waals surface area contributed by atoms with Crippen molar-refractivity contribution >= 4 is 17.3 Å². The van der Waals surface area contributed by atoms with Gasteiger partial charge in [-0.05, 0) is 19.1 Å². The van der Waals surface area contributed by atoms with E-state index in [4.69, 9.17) is 5.11 Å². The highest BCUT2D eigenvalue weighted by molar-refractivity contribution is 7.10. The molecule has 2 aromatic rings. The molecule has 1 N–H and O–H groups in total. The molecule has 0 aliphatic heterocycles. The van der Waals surface area contributed by atoms with Crippen LogP contribution in [-0.4, -0.2) is 16.1 Å². The van der Waals surface area contributed by atoms with Gasteiger partial charge in [-0.1, -0.05) is 12.1 Å². The summed E-state index contributed by atoms with van der Waals surface area (Å²) in [6.07, 6.45) is 0. The Labute approximate surface area is 91.0 Å². The highest BCUT2D eigenvalue weighted by Gasteiger charge is 2.06. The molecule has 1 aromatic heterocycles. The first-order chi connectivity index (χ1) is 7.18. The number of carboxylic acids is 1. The van der Waals surface area contributed by atoms with Crippen molar-refractivity contribution in [2.24, 2.45) is 0 Å². The maximum absolute atomic E-state index is 10.7. The van der Waals surface area contributed by atoms with Gasteiger partial charge in [0.15, 0.2) is 0 Å². The molecule has 0 fully saturated rings. The first-order valence-corrected chi connectivity index (χ1v) is 5.30. The van der Waals surface area contributed by atoms with Gasteiger partial charge >= 0.3 is 5.97 Å². The van der Waals surface area contributed by atoms with Crippen LogP contribution in [0.3, 0.4) is 0 Å². The summed E-state index contributed by atoms with van der Waals surface area (Å²) >= 11 is 1.58. The number of aromatic nitrogens is 1. The molecule has 76 valence electrons. The largest absolute Gasteiger partial charge is 0.478 e. The van der Waals surface area contributed by atoms with Crippen molar-refractivity contribution in [2.75, 3.05) is 0 Å². The standard InChI is InChI=1S/C11H9NO2S/c1-7-10(12-6-15-7)8-2-4-9(5-3-8)11(13)14/h2-6H,1H3,(H,13,14). The van der Waals surface area contributed by atoms with Crippen LogP contribution in [0.5, 0.6) is 0 Å². The fraction of sp³-hybridized carbons (Fsp3) is 0.0909. The van der Waals surface area contributed by atoms with Gasteiger partial charge in [0, 0.05) is 10.4 Å². The Kier molecular flexibility index (Phi) is 2.51. The normalized spacial score (nSPS) is 10.2. The van der Waals surface area contributed by atoms with Gasteiger partial charge in [0.25, 0.3) is 0 Å². The van der Waals surface area contributed by atoms with Crippen molar-refractivity contribution in [3.8, 4) is 11.3 Å². The van der Waals surface area contributed by atoms with E-state index in [2.05, 4.69) is 4.98 Å². The Morgan fingerprint density at radius 2 is 2.00 bits per heavy atom. The number of hydrogen-bond acceptors (Lipinski definition) is 3. The molecule has 0 atom stereocenters. The van der Waals surface area contributed by atoms with Gasteiger partial charge in [-0.15, -0.1) is 11.3 Å². The first kappa shape index (κ1) is 9.86. The highest BCUT2D eigenvalue weighted by atomic mass is 32.1. The number of carbonyl (C=O) groups is 1. The summed E-state index contributed by atoms with van der Waals surface area (Å²) in [7, 11) is 0. The van der Waals surface area contributed by atoms with E-state index < -0.39 is 5.97 Å². The number of benzene rings is 1. The zero-order valence-corrected chi connectivity index (χ0v) is 8.91. The van der Waals surface area contributed by atoms with Crippen LogP contribution in [-0.2, 0) is 0 Å². The SMILES string of the molecule is Cc1scnc1-c1ccc(C(=O)O)cc1. The maximum atomic E-state index is 10.7. The van der Waals surface area contributed by atoms with E-state index in [0.717, 1.165) is 16.1 Å². The molecular weight excluding hydrogens is 210 g/mol. The van der Waals surface area contributed by atoms with E-state index in [9.17, 15) is 4.79 Å². The molecule has 15 heavy (non-hydrogen) atoms. The van der Waals surface area contributed by atoms with Crippen molar-refractivity contribution in [2.45, 2.75) is 6.92 Å². The van der Waals surface area contributed by atoms with E-state index in [1.165, 1.54) is 0 Å². The smallest absolute Gasteiger partial charge is 0.335 e. The second kappa shape index (κ2) is 3.82. The van der Waals surface area contributed by atoms with E-state index in [1.807, 2.05) is 6.92 Å². The molecule has 0 spiro atoms. The summed E-state index contributed by atoms with van der Waals surface area (Å²) < 4.78 is 0. The van der Waals surface area contributed by atoms with Crippen molar-refractivity contribution in [1.82, 2.24) is 4.98 Å². The van der Waals surface area contributed by atoms with Crippen LogP contribution in [0.4, 0.5) is 0 Å². The number of aromatic carboxylic acids is 1. The fourth-order valence-corrected chi connectivity index (χ4v) is 1.95. The summed E-state index contributed by atoms with van der Waals surface area (Å²) in [6, 6.07) is 6.75. The lowest BCUT2D eigenvalue weighted by Gasteiger charge is -1.99. The third-order valence-corrected chi connectivity index (χ3v) is 2.91. The molecule has 3 nitrogen and oxygen atoms in total. The minimum absolute atomic E-state index is 0.298. The van der Waals surface area contributed by atoms with Gasteiger partial charge in [-0.3, -0.25) is 0 Å². The molecule has 0 radical (unpaired) electrons. The Morgan fingerprint density at radius 3 is 2.47 bits per heavy atom. The summed E-state index contributed by atoms with van der Waals surface area (Å²) in [6.45, 7) is 2.00. The summed E-state index contributed by atoms with van der Waals surface area (Å²) in [5, 5.41) is 8.75. The zero-order valence-electron chi connectivity index (χ0n) is 8.10. The van der Waals surface area contributed by atoms with Crippen LogP contribution in [0.2, 0.25) is 0 Å². The van der Waals surface area contributed by atoms with E-state index in [0.29, 0.717) is 5.56 Å². The van der Waals surface area contributed by atoms with Gasteiger partial charge in [0.05, 0.1) is 16.8 Å². The van der Waals surface area contributed by atoms with Crippen molar-refractivity contribution in [3.05, 3.63) is 40.2 Å². The molecule has 0 aliphatic carbocycles. The molecule has 0 amide bonds. The van der Waals surface area contributed by atoms with Gasteiger partial charge in [-0.25, -0.2) is 9.78 Å². The van der Waals surface area contributed by atoms with E-state index in [-0.39, 0.29) is 0 Å². The number of nitrogens with zero attached hydrogens (tertiary/aromatic N) is 1. The Balaban J connectivity index is 2.40. The lowest BCUT2D eigenvalue weighted by atomic mass is 10.1. The third-order valence-electron chi connectivity index (χ3n) is 2.15. The Morgan fingerprint density at radius 1 is 1.33 bits per heavy atom. The molecule has 0 saturated carbocycles. The van der Waals surface area contributed by atoms with Crippen molar-refractivity contribution < 1.29 is 9.90 Å². The lowest BCUT2D eigenvalue weighted by Crippen LogP contribution is -1.95. The quantitative estimate of drug-likeness (QED) is 0.844. The highest BCUT2D eigenvalue weighted by Crippen LogP contribution is 2.24. The molecule has 4 heteroatoms. The molecule has 0 bridgehead atoms.